The molecule has 1 aromatic heterocycles. The number of hydrogen-bond donors (Lipinski definition) is 0. The van der Waals surface area contributed by atoms with Crippen molar-refractivity contribution in [2.75, 3.05) is 13.1 Å². The maximum Gasteiger partial charge on any atom is 0.233 e. The van der Waals surface area contributed by atoms with Crippen molar-refractivity contribution < 1.29 is 9.32 Å². The molecule has 2 aliphatic rings. The average molecular weight is 333 g/mol. The molecule has 1 saturated heterocycles. The van der Waals surface area contributed by atoms with E-state index in [1.807, 2.05) is 29.2 Å². The molecule has 0 unspecified atom stereocenters. The van der Waals surface area contributed by atoms with Crippen molar-refractivity contribution in [1.29, 1.82) is 0 Å². The van der Waals surface area contributed by atoms with Gasteiger partial charge in [-0.2, -0.15) is 4.98 Å². The van der Waals surface area contributed by atoms with Gasteiger partial charge in [-0.15, -0.1) is 0 Å². The minimum absolute atomic E-state index is 0.162. The number of amides is 1. The van der Waals surface area contributed by atoms with E-state index in [-0.39, 0.29) is 11.8 Å². The Labute approximate surface area is 145 Å². The van der Waals surface area contributed by atoms with Crippen LogP contribution >= 0.6 is 0 Å². The van der Waals surface area contributed by atoms with Crippen molar-refractivity contribution in [2.24, 2.45) is 0 Å². The SMILES string of the molecule is O=C(Cc1cccc2ccccc12)N1CC(c2nc(C3CC3)no2)C1. The van der Waals surface area contributed by atoms with Crippen LogP contribution in [0.5, 0.6) is 0 Å². The van der Waals surface area contributed by atoms with Gasteiger partial charge in [0.2, 0.25) is 11.8 Å². The lowest BCUT2D eigenvalue weighted by Gasteiger charge is -2.37. The van der Waals surface area contributed by atoms with E-state index in [4.69, 9.17) is 4.52 Å². The number of fused-ring (bicyclic) bond motifs is 1. The molecule has 5 rings (SSSR count). The third-order valence-electron chi connectivity index (χ3n) is 5.21. The largest absolute Gasteiger partial charge is 0.341 e. The standard InChI is InChI=1S/C20H19N3O2/c24-18(10-15-6-3-5-13-4-1-2-7-17(13)15)23-11-16(12-23)20-21-19(22-25-20)14-8-9-14/h1-7,14,16H,8-12H2. The molecule has 1 amide bonds. The molecule has 0 spiro atoms. The van der Waals surface area contributed by atoms with Crippen molar-refractivity contribution >= 4 is 16.7 Å². The van der Waals surface area contributed by atoms with Gasteiger partial charge in [0, 0.05) is 19.0 Å². The number of carbonyl (C=O) groups is 1. The summed E-state index contributed by atoms with van der Waals surface area (Å²) in [6.45, 7) is 1.35. The zero-order valence-electron chi connectivity index (χ0n) is 13.9. The van der Waals surface area contributed by atoms with Crippen molar-refractivity contribution in [3.8, 4) is 0 Å². The second kappa shape index (κ2) is 5.69. The number of rotatable bonds is 4. The normalized spacial score (nSPS) is 17.7. The van der Waals surface area contributed by atoms with Crippen molar-refractivity contribution in [3.05, 3.63) is 59.7 Å². The van der Waals surface area contributed by atoms with Crippen LogP contribution in [-0.4, -0.2) is 34.0 Å². The van der Waals surface area contributed by atoms with Crippen LogP contribution in [0.3, 0.4) is 0 Å². The first-order chi connectivity index (χ1) is 12.3. The van der Waals surface area contributed by atoms with Gasteiger partial charge < -0.3 is 9.42 Å². The molecule has 0 N–H and O–H groups in total. The molecule has 5 nitrogen and oxygen atoms in total. The number of benzene rings is 2. The molecule has 2 aromatic carbocycles. The van der Waals surface area contributed by atoms with Crippen molar-refractivity contribution in [2.45, 2.75) is 31.1 Å². The second-order valence-electron chi connectivity index (χ2n) is 7.08. The average Bonchev–Trinajstić information content (AvgIpc) is 3.33. The first-order valence-electron chi connectivity index (χ1n) is 8.86. The zero-order valence-corrected chi connectivity index (χ0v) is 13.9. The maximum absolute atomic E-state index is 12.6. The highest BCUT2D eigenvalue weighted by Crippen LogP contribution is 2.39. The van der Waals surface area contributed by atoms with Gasteiger partial charge in [-0.05, 0) is 29.2 Å². The lowest BCUT2D eigenvalue weighted by Crippen LogP contribution is -2.49. The van der Waals surface area contributed by atoms with E-state index < -0.39 is 0 Å². The molecule has 3 aromatic rings. The summed E-state index contributed by atoms with van der Waals surface area (Å²) in [5.74, 6) is 2.39. The summed E-state index contributed by atoms with van der Waals surface area (Å²) < 4.78 is 5.37. The van der Waals surface area contributed by atoms with Gasteiger partial charge in [0.05, 0.1) is 12.3 Å². The van der Waals surface area contributed by atoms with Crippen LogP contribution in [0.1, 0.15) is 42.0 Å². The molecule has 1 aliphatic carbocycles. The topological polar surface area (TPSA) is 59.2 Å². The summed E-state index contributed by atoms with van der Waals surface area (Å²) in [7, 11) is 0. The Hall–Kier alpha value is -2.69. The molecule has 0 bridgehead atoms. The summed E-state index contributed by atoms with van der Waals surface area (Å²) in [6.07, 6.45) is 2.77. The van der Waals surface area contributed by atoms with Crippen LogP contribution in [0.4, 0.5) is 0 Å². The van der Waals surface area contributed by atoms with Gasteiger partial charge in [0.15, 0.2) is 5.82 Å². The summed E-state index contributed by atoms with van der Waals surface area (Å²) in [6, 6.07) is 14.3. The number of nitrogens with zero attached hydrogens (tertiary/aromatic N) is 3. The molecule has 1 saturated carbocycles. The fraction of sp³-hybridized carbons (Fsp3) is 0.350. The van der Waals surface area contributed by atoms with E-state index >= 15 is 0 Å². The van der Waals surface area contributed by atoms with Gasteiger partial charge in [0.1, 0.15) is 0 Å². The summed E-state index contributed by atoms with van der Waals surface area (Å²) in [5, 5.41) is 6.39. The number of carbonyl (C=O) groups excluding carboxylic acids is 1. The summed E-state index contributed by atoms with van der Waals surface area (Å²) in [4.78, 5) is 19.0. The molecule has 2 heterocycles. The molecule has 0 radical (unpaired) electrons. The Morgan fingerprint density at radius 2 is 1.88 bits per heavy atom. The van der Waals surface area contributed by atoms with Crippen LogP contribution in [0.25, 0.3) is 10.8 Å². The minimum Gasteiger partial charge on any atom is -0.341 e. The quantitative estimate of drug-likeness (QED) is 0.735. The van der Waals surface area contributed by atoms with Gasteiger partial charge in [-0.3, -0.25) is 4.79 Å². The van der Waals surface area contributed by atoms with Crippen molar-refractivity contribution in [3.63, 3.8) is 0 Å². The van der Waals surface area contributed by atoms with Gasteiger partial charge in [0.25, 0.3) is 0 Å². The Bertz CT molecular complexity index is 934. The monoisotopic (exact) mass is 333 g/mol. The fourth-order valence-corrected chi connectivity index (χ4v) is 3.48. The van der Waals surface area contributed by atoms with Crippen LogP contribution in [-0.2, 0) is 11.2 Å². The molecule has 0 atom stereocenters. The smallest absolute Gasteiger partial charge is 0.233 e. The first kappa shape index (κ1) is 14.6. The van der Waals surface area contributed by atoms with Crippen LogP contribution in [0.15, 0.2) is 47.0 Å². The molecule has 2 fully saturated rings. The highest BCUT2D eigenvalue weighted by Gasteiger charge is 2.37. The van der Waals surface area contributed by atoms with E-state index in [2.05, 4.69) is 28.3 Å². The molecular formula is C20H19N3O2. The predicted molar refractivity (Wildman–Crippen MR) is 93.2 cm³/mol. The molecule has 25 heavy (non-hydrogen) atoms. The van der Waals surface area contributed by atoms with E-state index in [1.165, 1.54) is 18.2 Å². The predicted octanol–water partition coefficient (Wildman–Crippen LogP) is 3.27. The Kier molecular flexibility index (Phi) is 3.33. The number of hydrogen-bond acceptors (Lipinski definition) is 4. The van der Waals surface area contributed by atoms with E-state index in [9.17, 15) is 4.79 Å². The highest BCUT2D eigenvalue weighted by atomic mass is 16.5. The number of aromatic nitrogens is 2. The van der Waals surface area contributed by atoms with Crippen LogP contribution in [0.2, 0.25) is 0 Å². The van der Waals surface area contributed by atoms with Gasteiger partial charge in [-0.25, -0.2) is 0 Å². The van der Waals surface area contributed by atoms with Crippen molar-refractivity contribution in [1.82, 2.24) is 15.0 Å². The highest BCUT2D eigenvalue weighted by molar-refractivity contribution is 5.90. The first-order valence-corrected chi connectivity index (χ1v) is 8.86. The zero-order chi connectivity index (χ0) is 16.8. The third kappa shape index (κ3) is 2.69. The van der Waals surface area contributed by atoms with Crippen LogP contribution < -0.4 is 0 Å². The fourth-order valence-electron chi connectivity index (χ4n) is 3.48. The number of likely N-dealkylation sites (tertiary alicyclic amines) is 1. The Balaban J connectivity index is 1.25. The second-order valence-corrected chi connectivity index (χ2v) is 7.08. The molecule has 126 valence electrons. The summed E-state index contributed by atoms with van der Waals surface area (Å²) in [5.41, 5.74) is 1.08. The molecular weight excluding hydrogens is 314 g/mol. The molecule has 1 aliphatic heterocycles. The van der Waals surface area contributed by atoms with E-state index in [1.54, 1.807) is 0 Å². The summed E-state index contributed by atoms with van der Waals surface area (Å²) >= 11 is 0. The van der Waals surface area contributed by atoms with E-state index in [0.717, 1.165) is 16.8 Å². The molecule has 5 heteroatoms. The minimum atomic E-state index is 0.162. The Morgan fingerprint density at radius 3 is 2.72 bits per heavy atom. The van der Waals surface area contributed by atoms with Gasteiger partial charge >= 0.3 is 0 Å². The Morgan fingerprint density at radius 1 is 1.08 bits per heavy atom. The lowest BCUT2D eigenvalue weighted by atomic mass is 9.97. The lowest BCUT2D eigenvalue weighted by molar-refractivity contribution is -0.135. The third-order valence-corrected chi connectivity index (χ3v) is 5.21. The maximum atomic E-state index is 12.6. The van der Waals surface area contributed by atoms with Crippen LogP contribution in [0, 0.1) is 0 Å². The van der Waals surface area contributed by atoms with Gasteiger partial charge in [-0.1, -0.05) is 47.6 Å². The van der Waals surface area contributed by atoms with E-state index in [0.29, 0.717) is 31.3 Å².